The van der Waals surface area contributed by atoms with Gasteiger partial charge in [0.2, 0.25) is 0 Å². The maximum absolute atomic E-state index is 13.3. The molecule has 12 heteroatoms. The van der Waals surface area contributed by atoms with E-state index in [1.54, 1.807) is 30.3 Å². The third kappa shape index (κ3) is 34.5. The first-order valence-electron chi connectivity index (χ1n) is 26.0. The van der Waals surface area contributed by atoms with Crippen LogP contribution in [0.4, 0.5) is 5.69 Å². The van der Waals surface area contributed by atoms with E-state index in [2.05, 4.69) is 19.2 Å². The Morgan fingerprint density at radius 2 is 0.652 bits per heavy atom. The molecule has 0 amide bonds. The Labute approximate surface area is 401 Å². The van der Waals surface area contributed by atoms with Crippen molar-refractivity contribution >= 4 is 11.5 Å². The number of benzene rings is 2. The predicted molar refractivity (Wildman–Crippen MR) is 267 cm³/mol. The third-order valence-corrected chi connectivity index (χ3v) is 11.1. The van der Waals surface area contributed by atoms with Gasteiger partial charge in [-0.05, 0) is 55.3 Å². The van der Waals surface area contributed by atoms with Crippen LogP contribution in [0.1, 0.15) is 158 Å². The standard InChI is InChI=1S/C54H93NO11/c1-4-6-8-10-12-14-16-18-20-22-30-57-32-34-59-36-38-61-40-42-63-44-46-65-52-29-26-50(54(56)49-24-27-51(55-3)28-25-49)48-53(52)66-47-45-64-43-41-62-39-37-60-35-33-58-31-23-21-19-17-15-13-11-9-7-5-2/h24-29,48,55H,4-23,30-47H2,1-3H3. The Bertz CT molecular complexity index is 1350. The van der Waals surface area contributed by atoms with Crippen LogP contribution in [0.3, 0.4) is 0 Å². The third-order valence-electron chi connectivity index (χ3n) is 11.1. The van der Waals surface area contributed by atoms with E-state index in [0.717, 1.165) is 31.7 Å². The molecular weight excluding hydrogens is 839 g/mol. The average Bonchev–Trinajstić information content (AvgIpc) is 3.34. The first-order valence-corrected chi connectivity index (χ1v) is 26.0. The van der Waals surface area contributed by atoms with Gasteiger partial charge in [-0.15, -0.1) is 0 Å². The number of rotatable bonds is 51. The number of carbonyl (C=O) groups is 1. The van der Waals surface area contributed by atoms with E-state index >= 15 is 0 Å². The van der Waals surface area contributed by atoms with E-state index in [4.69, 9.17) is 47.4 Å². The molecule has 0 saturated carbocycles. The maximum Gasteiger partial charge on any atom is 0.193 e. The maximum atomic E-state index is 13.3. The summed E-state index contributed by atoms with van der Waals surface area (Å²) in [5.74, 6) is 0.878. The molecule has 0 aliphatic carbocycles. The molecule has 66 heavy (non-hydrogen) atoms. The minimum absolute atomic E-state index is 0.107. The van der Waals surface area contributed by atoms with Gasteiger partial charge in [-0.1, -0.05) is 129 Å². The lowest BCUT2D eigenvalue weighted by Gasteiger charge is -2.15. The Kier molecular flexibility index (Phi) is 41.3. The second kappa shape index (κ2) is 45.9. The number of anilines is 1. The largest absolute Gasteiger partial charge is 0.487 e. The minimum atomic E-state index is -0.107. The Balaban J connectivity index is 1.52. The summed E-state index contributed by atoms with van der Waals surface area (Å²) in [6.07, 6.45) is 26.5. The Morgan fingerprint density at radius 1 is 0.348 bits per heavy atom. The number of hydrogen-bond donors (Lipinski definition) is 1. The van der Waals surface area contributed by atoms with Crippen LogP contribution in [0.15, 0.2) is 42.5 Å². The summed E-state index contributed by atoms with van der Waals surface area (Å²) in [6.45, 7) is 13.7. The zero-order chi connectivity index (χ0) is 47.1. The first-order chi connectivity index (χ1) is 32.7. The molecule has 0 spiro atoms. The van der Waals surface area contributed by atoms with Gasteiger partial charge in [0.15, 0.2) is 17.3 Å². The van der Waals surface area contributed by atoms with Crippen LogP contribution in [0.2, 0.25) is 0 Å². The van der Waals surface area contributed by atoms with Gasteiger partial charge in [0, 0.05) is 37.1 Å². The van der Waals surface area contributed by atoms with Gasteiger partial charge >= 0.3 is 0 Å². The van der Waals surface area contributed by atoms with Crippen LogP contribution in [0.25, 0.3) is 0 Å². The second-order valence-electron chi connectivity index (χ2n) is 16.8. The summed E-state index contributed by atoms with van der Waals surface area (Å²) in [4.78, 5) is 13.3. The van der Waals surface area contributed by atoms with Crippen LogP contribution < -0.4 is 14.8 Å². The molecule has 0 aliphatic rings. The number of ether oxygens (including phenoxy) is 10. The molecular formula is C54H93NO11. The van der Waals surface area contributed by atoms with Crippen LogP contribution in [-0.4, -0.2) is 132 Å². The minimum Gasteiger partial charge on any atom is -0.487 e. The zero-order valence-corrected chi connectivity index (χ0v) is 41.9. The highest BCUT2D eigenvalue weighted by Gasteiger charge is 2.14. The van der Waals surface area contributed by atoms with E-state index in [9.17, 15) is 4.79 Å². The van der Waals surface area contributed by atoms with Crippen molar-refractivity contribution in [3.05, 3.63) is 53.6 Å². The van der Waals surface area contributed by atoms with Crippen molar-refractivity contribution in [1.29, 1.82) is 0 Å². The van der Waals surface area contributed by atoms with Crippen LogP contribution in [0, 0.1) is 0 Å². The molecule has 0 unspecified atom stereocenters. The molecule has 0 atom stereocenters. The van der Waals surface area contributed by atoms with Crippen molar-refractivity contribution in [1.82, 2.24) is 0 Å². The number of unbranched alkanes of at least 4 members (excludes halogenated alkanes) is 18. The van der Waals surface area contributed by atoms with Crippen LogP contribution in [-0.2, 0) is 37.9 Å². The topological polar surface area (TPSA) is 121 Å². The molecule has 0 radical (unpaired) electrons. The predicted octanol–water partition coefficient (Wildman–Crippen LogP) is 11.7. The molecule has 0 heterocycles. The lowest BCUT2D eigenvalue weighted by atomic mass is 10.0. The highest BCUT2D eigenvalue weighted by Crippen LogP contribution is 2.30. The van der Waals surface area contributed by atoms with Crippen molar-refractivity contribution < 1.29 is 52.2 Å². The van der Waals surface area contributed by atoms with E-state index in [-0.39, 0.29) is 12.4 Å². The van der Waals surface area contributed by atoms with Gasteiger partial charge in [0.05, 0.1) is 92.5 Å². The van der Waals surface area contributed by atoms with Gasteiger partial charge in [0.25, 0.3) is 0 Å². The number of carbonyl (C=O) groups excluding carboxylic acids is 1. The molecule has 0 aromatic heterocycles. The fraction of sp³-hybridized carbons (Fsp3) is 0.759. The van der Waals surface area contributed by atoms with Gasteiger partial charge in [0.1, 0.15) is 13.2 Å². The lowest BCUT2D eigenvalue weighted by Crippen LogP contribution is -2.15. The van der Waals surface area contributed by atoms with Crippen molar-refractivity contribution in [2.75, 3.05) is 131 Å². The average molecular weight is 932 g/mol. The van der Waals surface area contributed by atoms with E-state index in [1.807, 2.05) is 19.2 Å². The molecule has 12 nitrogen and oxygen atoms in total. The molecule has 2 rings (SSSR count). The summed E-state index contributed by atoms with van der Waals surface area (Å²) < 4.78 is 57.5. The monoisotopic (exact) mass is 932 g/mol. The summed E-state index contributed by atoms with van der Waals surface area (Å²) in [6, 6.07) is 12.6. The molecule has 2 aromatic rings. The lowest BCUT2D eigenvalue weighted by molar-refractivity contribution is -0.00569. The van der Waals surface area contributed by atoms with Crippen molar-refractivity contribution in [3.8, 4) is 11.5 Å². The van der Waals surface area contributed by atoms with Gasteiger partial charge in [-0.3, -0.25) is 4.79 Å². The fourth-order valence-corrected chi connectivity index (χ4v) is 7.16. The van der Waals surface area contributed by atoms with Gasteiger partial charge in [-0.2, -0.15) is 0 Å². The zero-order valence-electron chi connectivity index (χ0n) is 41.9. The van der Waals surface area contributed by atoms with Crippen molar-refractivity contribution in [2.45, 2.75) is 142 Å². The Morgan fingerprint density at radius 3 is 1.02 bits per heavy atom. The van der Waals surface area contributed by atoms with E-state index < -0.39 is 0 Å². The van der Waals surface area contributed by atoms with Crippen LogP contribution >= 0.6 is 0 Å². The van der Waals surface area contributed by atoms with E-state index in [0.29, 0.717) is 122 Å². The molecule has 380 valence electrons. The number of hydrogen-bond acceptors (Lipinski definition) is 12. The highest BCUT2D eigenvalue weighted by atomic mass is 16.6. The quantitative estimate of drug-likeness (QED) is 0.0502. The molecule has 2 aromatic carbocycles. The number of nitrogens with one attached hydrogen (secondary N) is 1. The number of ketones is 1. The molecule has 0 saturated heterocycles. The van der Waals surface area contributed by atoms with Crippen molar-refractivity contribution in [3.63, 3.8) is 0 Å². The van der Waals surface area contributed by atoms with Crippen LogP contribution in [0.5, 0.6) is 11.5 Å². The van der Waals surface area contributed by atoms with Gasteiger partial charge in [-0.25, -0.2) is 0 Å². The Hall–Kier alpha value is -2.81. The van der Waals surface area contributed by atoms with Gasteiger partial charge < -0.3 is 52.7 Å². The summed E-state index contributed by atoms with van der Waals surface area (Å²) in [5, 5.41) is 3.08. The SMILES string of the molecule is CCCCCCCCCCCCOCCOCCOCCOCCOc1ccc(C(=O)c2ccc(NC)cc2)cc1OCCOCCOCCOCCOCCCCCCCCCCCC. The van der Waals surface area contributed by atoms with E-state index in [1.165, 1.54) is 116 Å². The summed E-state index contributed by atoms with van der Waals surface area (Å²) in [5.41, 5.74) is 2.02. The summed E-state index contributed by atoms with van der Waals surface area (Å²) in [7, 11) is 1.84. The summed E-state index contributed by atoms with van der Waals surface area (Å²) >= 11 is 0. The highest BCUT2D eigenvalue weighted by molar-refractivity contribution is 6.09. The molecule has 0 bridgehead atoms. The smallest absolute Gasteiger partial charge is 0.193 e. The normalized spacial score (nSPS) is 11.4. The molecule has 0 fully saturated rings. The fourth-order valence-electron chi connectivity index (χ4n) is 7.16. The first kappa shape index (κ1) is 59.3. The van der Waals surface area contributed by atoms with Crippen molar-refractivity contribution in [2.24, 2.45) is 0 Å². The second-order valence-corrected chi connectivity index (χ2v) is 16.8. The molecule has 0 aliphatic heterocycles. The molecule has 1 N–H and O–H groups in total.